The van der Waals surface area contributed by atoms with Crippen LogP contribution in [0.4, 0.5) is 4.79 Å². The van der Waals surface area contributed by atoms with Crippen LogP contribution in [-0.2, 0) is 4.74 Å². The maximum atomic E-state index is 10.8. The van der Waals surface area contributed by atoms with E-state index in [0.717, 1.165) is 31.4 Å². The zero-order valence-electron chi connectivity index (χ0n) is 7.51. The van der Waals surface area contributed by atoms with Crippen molar-refractivity contribution in [2.24, 2.45) is 4.99 Å². The number of nitrogens with zero attached hydrogens (tertiary/aromatic N) is 1. The van der Waals surface area contributed by atoms with Gasteiger partial charge in [0.15, 0.2) is 0 Å². The maximum Gasteiger partial charge on any atom is 0.433 e. The largest absolute Gasteiger partial charge is 0.451 e. The van der Waals surface area contributed by atoms with Gasteiger partial charge in [-0.15, -0.1) is 0 Å². The smallest absolute Gasteiger partial charge is 0.433 e. The first-order valence-corrected chi connectivity index (χ1v) is 4.47. The fourth-order valence-corrected chi connectivity index (χ4v) is 1.42. The maximum absolute atomic E-state index is 10.8. The molecule has 1 aliphatic carbocycles. The minimum Gasteiger partial charge on any atom is -0.451 e. The molecule has 3 nitrogen and oxygen atoms in total. The Morgan fingerprint density at radius 1 is 1.25 bits per heavy atom. The SMILES string of the molecule is COC(=O)N=C1CCCCCC1. The van der Waals surface area contributed by atoms with Crippen molar-refractivity contribution in [3.63, 3.8) is 0 Å². The Balaban J connectivity index is 2.47. The Morgan fingerprint density at radius 3 is 2.33 bits per heavy atom. The first kappa shape index (κ1) is 9.23. The summed E-state index contributed by atoms with van der Waals surface area (Å²) in [6.07, 6.45) is 6.34. The first-order valence-electron chi connectivity index (χ1n) is 4.47. The Kier molecular flexibility index (Phi) is 3.77. The quantitative estimate of drug-likeness (QED) is 0.523. The second-order valence-corrected chi connectivity index (χ2v) is 3.06. The highest BCUT2D eigenvalue weighted by molar-refractivity contribution is 5.93. The van der Waals surface area contributed by atoms with Crippen LogP contribution in [0.2, 0.25) is 0 Å². The molecule has 1 fully saturated rings. The first-order chi connectivity index (χ1) is 5.83. The fourth-order valence-electron chi connectivity index (χ4n) is 1.42. The van der Waals surface area contributed by atoms with Gasteiger partial charge < -0.3 is 4.74 Å². The van der Waals surface area contributed by atoms with Crippen LogP contribution in [0.3, 0.4) is 0 Å². The molecular formula is C9H15NO2. The van der Waals surface area contributed by atoms with Crippen molar-refractivity contribution in [3.05, 3.63) is 0 Å². The van der Waals surface area contributed by atoms with Gasteiger partial charge in [0.05, 0.1) is 7.11 Å². The van der Waals surface area contributed by atoms with Crippen molar-refractivity contribution < 1.29 is 9.53 Å². The lowest BCUT2D eigenvalue weighted by molar-refractivity contribution is 0.182. The molecule has 0 aromatic carbocycles. The van der Waals surface area contributed by atoms with Gasteiger partial charge in [-0.2, -0.15) is 4.99 Å². The van der Waals surface area contributed by atoms with Gasteiger partial charge >= 0.3 is 6.09 Å². The molecule has 1 aliphatic rings. The summed E-state index contributed by atoms with van der Waals surface area (Å²) < 4.78 is 4.47. The van der Waals surface area contributed by atoms with Crippen LogP contribution in [0.15, 0.2) is 4.99 Å². The number of carbonyl (C=O) groups excluding carboxylic acids is 1. The van der Waals surface area contributed by atoms with Crippen LogP contribution < -0.4 is 0 Å². The van der Waals surface area contributed by atoms with Crippen molar-refractivity contribution in [1.82, 2.24) is 0 Å². The van der Waals surface area contributed by atoms with Crippen LogP contribution in [0.5, 0.6) is 0 Å². The van der Waals surface area contributed by atoms with Crippen molar-refractivity contribution in [1.29, 1.82) is 0 Å². The number of ether oxygens (including phenoxy) is 1. The van der Waals surface area contributed by atoms with Crippen LogP contribution in [0, 0.1) is 0 Å². The number of methoxy groups -OCH3 is 1. The molecule has 3 heteroatoms. The average molecular weight is 169 g/mol. The molecule has 0 unspecified atom stereocenters. The molecule has 1 saturated carbocycles. The minimum atomic E-state index is -0.452. The molecule has 0 aromatic rings. The minimum absolute atomic E-state index is 0.452. The zero-order valence-corrected chi connectivity index (χ0v) is 7.51. The molecule has 0 N–H and O–H groups in total. The topological polar surface area (TPSA) is 38.7 Å². The van der Waals surface area contributed by atoms with E-state index in [1.807, 2.05) is 0 Å². The van der Waals surface area contributed by atoms with Crippen LogP contribution in [-0.4, -0.2) is 18.9 Å². The Hall–Kier alpha value is -0.860. The summed E-state index contributed by atoms with van der Waals surface area (Å²) in [6, 6.07) is 0. The van der Waals surface area contributed by atoms with Crippen LogP contribution >= 0.6 is 0 Å². The van der Waals surface area contributed by atoms with Gasteiger partial charge in [-0.3, -0.25) is 0 Å². The molecule has 0 saturated heterocycles. The molecule has 0 heterocycles. The van der Waals surface area contributed by atoms with Gasteiger partial charge in [-0.25, -0.2) is 4.79 Å². The Labute approximate surface area is 72.8 Å². The third kappa shape index (κ3) is 3.03. The normalized spacial score (nSPS) is 18.2. The van der Waals surface area contributed by atoms with Gasteiger partial charge in [0.2, 0.25) is 0 Å². The van der Waals surface area contributed by atoms with Crippen molar-refractivity contribution in [2.45, 2.75) is 38.5 Å². The van der Waals surface area contributed by atoms with E-state index in [2.05, 4.69) is 9.73 Å². The highest BCUT2D eigenvalue weighted by Gasteiger charge is 2.07. The Bertz CT molecular complexity index is 177. The lowest BCUT2D eigenvalue weighted by Gasteiger charge is -1.98. The average Bonchev–Trinajstić information content (AvgIpc) is 2.33. The highest BCUT2D eigenvalue weighted by atomic mass is 16.5. The number of hydrogen-bond donors (Lipinski definition) is 0. The summed E-state index contributed by atoms with van der Waals surface area (Å²) in [7, 11) is 1.36. The van der Waals surface area contributed by atoms with Crippen molar-refractivity contribution >= 4 is 11.8 Å². The molecule has 0 aliphatic heterocycles. The second-order valence-electron chi connectivity index (χ2n) is 3.06. The van der Waals surface area contributed by atoms with Crippen LogP contribution in [0.1, 0.15) is 38.5 Å². The summed E-state index contributed by atoms with van der Waals surface area (Å²) in [6.45, 7) is 0. The van der Waals surface area contributed by atoms with Gasteiger partial charge in [-0.05, 0) is 25.7 Å². The molecule has 68 valence electrons. The molecule has 1 rings (SSSR count). The highest BCUT2D eigenvalue weighted by Crippen LogP contribution is 2.14. The number of amides is 1. The van der Waals surface area contributed by atoms with E-state index in [-0.39, 0.29) is 0 Å². The van der Waals surface area contributed by atoms with Crippen LogP contribution in [0.25, 0.3) is 0 Å². The summed E-state index contributed by atoms with van der Waals surface area (Å²) in [5.41, 5.74) is 1.01. The fraction of sp³-hybridized carbons (Fsp3) is 0.778. The molecule has 1 amide bonds. The van der Waals surface area contributed by atoms with Gasteiger partial charge in [0.1, 0.15) is 0 Å². The molecular weight excluding hydrogens is 154 g/mol. The molecule has 0 radical (unpaired) electrons. The molecule has 0 aromatic heterocycles. The summed E-state index contributed by atoms with van der Waals surface area (Å²) >= 11 is 0. The number of rotatable bonds is 0. The lowest BCUT2D eigenvalue weighted by Crippen LogP contribution is -2.02. The van der Waals surface area contributed by atoms with Gasteiger partial charge in [-0.1, -0.05) is 12.8 Å². The third-order valence-corrected chi connectivity index (χ3v) is 2.10. The van der Waals surface area contributed by atoms with E-state index in [1.54, 1.807) is 0 Å². The van der Waals surface area contributed by atoms with E-state index in [1.165, 1.54) is 20.0 Å². The molecule has 12 heavy (non-hydrogen) atoms. The molecule has 0 spiro atoms. The second kappa shape index (κ2) is 4.91. The standard InChI is InChI=1S/C9H15NO2/c1-12-9(11)10-8-6-4-2-3-5-7-8/h2-7H2,1H3. The predicted molar refractivity (Wildman–Crippen MR) is 47.5 cm³/mol. The monoisotopic (exact) mass is 169 g/mol. The van der Waals surface area contributed by atoms with E-state index < -0.39 is 6.09 Å². The van der Waals surface area contributed by atoms with Gasteiger partial charge in [0, 0.05) is 5.71 Å². The number of aliphatic imine (C=N–C) groups is 1. The summed E-state index contributed by atoms with van der Waals surface area (Å²) in [5.74, 6) is 0. The predicted octanol–water partition coefficient (Wildman–Crippen LogP) is 2.55. The molecule has 0 bridgehead atoms. The zero-order chi connectivity index (χ0) is 8.81. The summed E-state index contributed by atoms with van der Waals surface area (Å²) in [5, 5.41) is 0. The van der Waals surface area contributed by atoms with E-state index in [4.69, 9.17) is 0 Å². The Morgan fingerprint density at radius 2 is 1.83 bits per heavy atom. The molecule has 0 atom stereocenters. The van der Waals surface area contributed by atoms with Crippen molar-refractivity contribution in [3.8, 4) is 0 Å². The van der Waals surface area contributed by atoms with E-state index >= 15 is 0 Å². The summed E-state index contributed by atoms with van der Waals surface area (Å²) in [4.78, 5) is 14.7. The van der Waals surface area contributed by atoms with Gasteiger partial charge in [0.25, 0.3) is 0 Å². The van der Waals surface area contributed by atoms with E-state index in [0.29, 0.717) is 0 Å². The number of hydrogen-bond acceptors (Lipinski definition) is 2. The lowest BCUT2D eigenvalue weighted by atomic mass is 10.2. The third-order valence-electron chi connectivity index (χ3n) is 2.10. The van der Waals surface area contributed by atoms with Crippen molar-refractivity contribution in [2.75, 3.05) is 7.11 Å². The van der Waals surface area contributed by atoms with E-state index in [9.17, 15) is 4.79 Å². The number of carbonyl (C=O) groups is 1.